The number of halogens is 1. The SMILES string of the molecule is CC(C)CC(C(=O)NCc1ccc(F)cc1)N1C(=O)N2CCc3c([nH]c4ccccc34)C2(C)C1=O. The maximum absolute atomic E-state index is 14.0. The number of aromatic nitrogens is 1. The third-order valence-electron chi connectivity index (χ3n) is 7.19. The second kappa shape index (κ2) is 8.52. The van der Waals surface area contributed by atoms with E-state index in [2.05, 4.69) is 10.3 Å². The Morgan fingerprint density at radius 2 is 1.86 bits per heavy atom. The smallest absolute Gasteiger partial charge is 0.328 e. The van der Waals surface area contributed by atoms with Gasteiger partial charge in [-0.25, -0.2) is 14.1 Å². The van der Waals surface area contributed by atoms with Gasteiger partial charge in [-0.2, -0.15) is 0 Å². The van der Waals surface area contributed by atoms with Gasteiger partial charge in [0.15, 0.2) is 5.54 Å². The predicted octanol–water partition coefficient (Wildman–Crippen LogP) is 4.07. The Morgan fingerprint density at radius 3 is 2.57 bits per heavy atom. The van der Waals surface area contributed by atoms with E-state index in [0.29, 0.717) is 19.4 Å². The van der Waals surface area contributed by atoms with Crippen LogP contribution in [0.3, 0.4) is 0 Å². The number of hydrogen-bond donors (Lipinski definition) is 2. The Kier molecular flexibility index (Phi) is 5.62. The highest BCUT2D eigenvalue weighted by molar-refractivity contribution is 6.11. The monoisotopic (exact) mass is 476 g/mol. The van der Waals surface area contributed by atoms with Crippen LogP contribution in [-0.4, -0.2) is 45.2 Å². The largest absolute Gasteiger partial charge is 0.356 e. The number of rotatable bonds is 6. The summed E-state index contributed by atoms with van der Waals surface area (Å²) in [6.07, 6.45) is 0.976. The van der Waals surface area contributed by atoms with Crippen LogP contribution in [0.4, 0.5) is 9.18 Å². The van der Waals surface area contributed by atoms with Gasteiger partial charge in [-0.05, 0) is 55.0 Å². The van der Waals surface area contributed by atoms with E-state index in [4.69, 9.17) is 0 Å². The number of fused-ring (bicyclic) bond motifs is 5. The molecule has 3 heterocycles. The van der Waals surface area contributed by atoms with E-state index in [9.17, 15) is 18.8 Å². The Hall–Kier alpha value is -3.68. The lowest BCUT2D eigenvalue weighted by atomic mass is 9.87. The first-order valence-electron chi connectivity index (χ1n) is 12.0. The molecule has 2 unspecified atom stereocenters. The van der Waals surface area contributed by atoms with Crippen LogP contribution in [0, 0.1) is 11.7 Å². The fraction of sp³-hybridized carbons (Fsp3) is 0.370. The van der Waals surface area contributed by atoms with Gasteiger partial charge in [-0.3, -0.25) is 9.59 Å². The first-order chi connectivity index (χ1) is 16.7. The van der Waals surface area contributed by atoms with Gasteiger partial charge in [0.25, 0.3) is 5.91 Å². The standard InChI is InChI=1S/C27H29FN4O3/c1-16(2)14-22(24(33)29-15-17-8-10-18(28)11-9-17)32-25(34)27(3)23-20(12-13-31(27)26(32)35)19-6-4-5-7-21(19)30-23/h4-11,16,22,30H,12-15H2,1-3H3,(H,29,33). The minimum absolute atomic E-state index is 0.0752. The molecule has 2 N–H and O–H groups in total. The van der Waals surface area contributed by atoms with Crippen molar-refractivity contribution in [1.82, 2.24) is 20.1 Å². The van der Waals surface area contributed by atoms with Crippen LogP contribution < -0.4 is 5.32 Å². The Balaban J connectivity index is 1.47. The average Bonchev–Trinajstić information content (AvgIpc) is 3.31. The first kappa shape index (κ1) is 23.1. The summed E-state index contributed by atoms with van der Waals surface area (Å²) in [7, 11) is 0. The molecule has 0 aliphatic carbocycles. The highest BCUT2D eigenvalue weighted by atomic mass is 19.1. The molecular weight excluding hydrogens is 447 g/mol. The average molecular weight is 477 g/mol. The fourth-order valence-electron chi connectivity index (χ4n) is 5.38. The molecule has 0 radical (unpaired) electrons. The lowest BCUT2D eigenvalue weighted by Crippen LogP contribution is -2.51. The molecular formula is C27H29FN4O3. The lowest BCUT2D eigenvalue weighted by Gasteiger charge is -2.36. The number of amides is 4. The summed E-state index contributed by atoms with van der Waals surface area (Å²) in [5.41, 5.74) is 2.23. The van der Waals surface area contributed by atoms with E-state index in [1.165, 1.54) is 12.1 Å². The van der Waals surface area contributed by atoms with Gasteiger partial charge in [-0.1, -0.05) is 44.2 Å². The molecule has 0 saturated carbocycles. The van der Waals surface area contributed by atoms with Crippen molar-refractivity contribution in [1.29, 1.82) is 0 Å². The number of H-pyrrole nitrogens is 1. The topological polar surface area (TPSA) is 85.5 Å². The zero-order valence-corrected chi connectivity index (χ0v) is 20.1. The molecule has 1 aromatic heterocycles. The summed E-state index contributed by atoms with van der Waals surface area (Å²) in [5, 5.41) is 3.90. The molecule has 1 fully saturated rings. The Labute approximate surface area is 203 Å². The number of carbonyl (C=O) groups is 3. The van der Waals surface area contributed by atoms with Crippen molar-refractivity contribution >= 4 is 28.7 Å². The Morgan fingerprint density at radius 1 is 1.14 bits per heavy atom. The molecule has 5 rings (SSSR count). The quantitative estimate of drug-likeness (QED) is 0.526. The minimum Gasteiger partial charge on any atom is -0.356 e. The van der Waals surface area contributed by atoms with Crippen molar-refractivity contribution in [2.24, 2.45) is 5.92 Å². The van der Waals surface area contributed by atoms with Gasteiger partial charge in [-0.15, -0.1) is 0 Å². The second-order valence-corrected chi connectivity index (χ2v) is 9.95. The van der Waals surface area contributed by atoms with Crippen molar-refractivity contribution < 1.29 is 18.8 Å². The van der Waals surface area contributed by atoms with Crippen LogP contribution in [0.2, 0.25) is 0 Å². The molecule has 0 bridgehead atoms. The van der Waals surface area contributed by atoms with Crippen LogP contribution in [0.5, 0.6) is 0 Å². The lowest BCUT2D eigenvalue weighted by molar-refractivity contribution is -0.140. The van der Waals surface area contributed by atoms with Gasteiger partial charge >= 0.3 is 6.03 Å². The normalized spacial score (nSPS) is 20.4. The summed E-state index contributed by atoms with van der Waals surface area (Å²) in [6.45, 7) is 6.25. The maximum atomic E-state index is 14.0. The van der Waals surface area contributed by atoms with E-state index >= 15 is 0 Å². The van der Waals surface area contributed by atoms with Crippen LogP contribution in [0.15, 0.2) is 48.5 Å². The third-order valence-corrected chi connectivity index (χ3v) is 7.19. The van der Waals surface area contributed by atoms with Crippen LogP contribution in [0.1, 0.15) is 44.0 Å². The molecule has 2 aliphatic heterocycles. The molecule has 182 valence electrons. The number of nitrogens with one attached hydrogen (secondary N) is 2. The van der Waals surface area contributed by atoms with Gasteiger partial charge in [0.1, 0.15) is 11.9 Å². The van der Waals surface area contributed by atoms with Crippen molar-refractivity contribution in [2.45, 2.75) is 51.7 Å². The molecule has 2 aromatic carbocycles. The molecule has 3 aromatic rings. The highest BCUT2D eigenvalue weighted by Crippen LogP contribution is 2.44. The summed E-state index contributed by atoms with van der Waals surface area (Å²) >= 11 is 0. The summed E-state index contributed by atoms with van der Waals surface area (Å²) < 4.78 is 13.2. The number of hydrogen-bond acceptors (Lipinski definition) is 3. The van der Waals surface area contributed by atoms with E-state index in [1.807, 2.05) is 38.1 Å². The molecule has 4 amide bonds. The van der Waals surface area contributed by atoms with Crippen molar-refractivity contribution in [2.75, 3.05) is 6.54 Å². The predicted molar refractivity (Wildman–Crippen MR) is 130 cm³/mol. The van der Waals surface area contributed by atoms with Crippen molar-refractivity contribution in [3.8, 4) is 0 Å². The number of imide groups is 1. The van der Waals surface area contributed by atoms with Gasteiger partial charge in [0.2, 0.25) is 5.91 Å². The van der Waals surface area contributed by atoms with E-state index in [1.54, 1.807) is 24.0 Å². The third kappa shape index (κ3) is 3.68. The number of urea groups is 1. The number of carbonyl (C=O) groups excluding carboxylic acids is 3. The minimum atomic E-state index is -1.20. The van der Waals surface area contributed by atoms with Crippen LogP contribution in [0.25, 0.3) is 10.9 Å². The van der Waals surface area contributed by atoms with Crippen molar-refractivity contribution in [3.63, 3.8) is 0 Å². The van der Waals surface area contributed by atoms with Crippen LogP contribution in [-0.2, 0) is 28.1 Å². The fourth-order valence-corrected chi connectivity index (χ4v) is 5.38. The van der Waals surface area contributed by atoms with Gasteiger partial charge in [0.05, 0.1) is 5.69 Å². The number of benzene rings is 2. The number of nitrogens with zero attached hydrogens (tertiary/aromatic N) is 2. The molecule has 0 spiro atoms. The molecule has 35 heavy (non-hydrogen) atoms. The molecule has 8 heteroatoms. The summed E-state index contributed by atoms with van der Waals surface area (Å²) in [4.78, 5) is 47.1. The Bertz CT molecular complexity index is 1320. The second-order valence-electron chi connectivity index (χ2n) is 9.95. The molecule has 1 saturated heterocycles. The van der Waals surface area contributed by atoms with E-state index in [0.717, 1.165) is 32.6 Å². The van der Waals surface area contributed by atoms with E-state index < -0.39 is 29.4 Å². The molecule has 2 atom stereocenters. The first-order valence-corrected chi connectivity index (χ1v) is 12.0. The highest BCUT2D eigenvalue weighted by Gasteiger charge is 2.60. The summed E-state index contributed by atoms with van der Waals surface area (Å²) in [6, 6.07) is 12.4. The molecule has 7 nitrogen and oxygen atoms in total. The van der Waals surface area contributed by atoms with Crippen molar-refractivity contribution in [3.05, 3.63) is 71.2 Å². The maximum Gasteiger partial charge on any atom is 0.328 e. The zero-order chi connectivity index (χ0) is 24.9. The number of para-hydroxylation sites is 1. The zero-order valence-electron chi connectivity index (χ0n) is 20.1. The number of aromatic amines is 1. The summed E-state index contributed by atoms with van der Waals surface area (Å²) in [5.74, 6) is -1.07. The molecule has 2 aliphatic rings. The van der Waals surface area contributed by atoms with Gasteiger partial charge in [0, 0.05) is 24.0 Å². The van der Waals surface area contributed by atoms with Crippen LogP contribution >= 0.6 is 0 Å². The van der Waals surface area contributed by atoms with E-state index in [-0.39, 0.29) is 18.3 Å². The van der Waals surface area contributed by atoms with Gasteiger partial charge < -0.3 is 15.2 Å².